The van der Waals surface area contributed by atoms with Gasteiger partial charge in [-0.05, 0) is 13.0 Å². The Bertz CT molecular complexity index is 866. The number of pyridine rings is 1. The van der Waals surface area contributed by atoms with Crippen LogP contribution in [0.3, 0.4) is 0 Å². The first kappa shape index (κ1) is 16.2. The summed E-state index contributed by atoms with van der Waals surface area (Å²) >= 11 is 0. The van der Waals surface area contributed by atoms with Gasteiger partial charge in [0.2, 0.25) is 0 Å². The lowest BCUT2D eigenvalue weighted by Crippen LogP contribution is -2.49. The predicted molar refractivity (Wildman–Crippen MR) is 85.2 cm³/mol. The second-order valence-corrected chi connectivity index (χ2v) is 5.56. The third-order valence-electron chi connectivity index (χ3n) is 3.97. The third kappa shape index (κ3) is 2.89. The van der Waals surface area contributed by atoms with Crippen LogP contribution in [0.4, 0.5) is 13.2 Å². The second-order valence-electron chi connectivity index (χ2n) is 5.56. The molecule has 0 fully saturated rings. The number of benzene rings is 1. The highest BCUT2D eigenvalue weighted by Gasteiger charge is 2.21. The fraction of sp³-hybridized carbons (Fsp3) is 0.235. The number of hydrogen-bond acceptors (Lipinski definition) is 4. The summed E-state index contributed by atoms with van der Waals surface area (Å²) in [6.45, 7) is 1.73. The minimum absolute atomic E-state index is 0.193. The van der Waals surface area contributed by atoms with Crippen molar-refractivity contribution in [2.45, 2.75) is 19.4 Å². The van der Waals surface area contributed by atoms with Crippen molar-refractivity contribution in [2.24, 2.45) is 0 Å². The molecule has 0 aliphatic carbocycles. The summed E-state index contributed by atoms with van der Waals surface area (Å²) in [6.07, 6.45) is 2.33. The largest absolute Gasteiger partial charge is 0.363 e. The quantitative estimate of drug-likeness (QED) is 0.894. The van der Waals surface area contributed by atoms with Crippen LogP contribution in [-0.2, 0) is 0 Å². The van der Waals surface area contributed by atoms with Gasteiger partial charge in [-0.3, -0.25) is 9.99 Å². The van der Waals surface area contributed by atoms with Crippen LogP contribution in [0, 0.1) is 5.82 Å². The van der Waals surface area contributed by atoms with Crippen LogP contribution in [0.5, 0.6) is 0 Å². The fourth-order valence-corrected chi connectivity index (χ4v) is 2.68. The third-order valence-corrected chi connectivity index (χ3v) is 3.97. The molecule has 0 saturated heterocycles. The van der Waals surface area contributed by atoms with Gasteiger partial charge in [0.15, 0.2) is 0 Å². The maximum atomic E-state index is 14.3. The predicted octanol–water partition coefficient (Wildman–Crippen LogP) is 1.76. The van der Waals surface area contributed by atoms with Crippen LogP contribution in [0.1, 0.15) is 30.5 Å². The van der Waals surface area contributed by atoms with Crippen molar-refractivity contribution in [3.63, 3.8) is 0 Å². The maximum absolute atomic E-state index is 14.3. The number of nitrogens with zero attached hydrogens (tertiary/aromatic N) is 2. The molecule has 0 unspecified atom stereocenters. The van der Waals surface area contributed by atoms with Gasteiger partial charge in [0, 0.05) is 41.6 Å². The first-order chi connectivity index (χ1) is 11.5. The van der Waals surface area contributed by atoms with Crippen LogP contribution in [0.25, 0.3) is 12.0 Å². The molecule has 1 atom stereocenters. The number of halogens is 3. The molecular formula is C17H17F3N4. The van der Waals surface area contributed by atoms with E-state index in [1.54, 1.807) is 37.6 Å². The highest BCUT2D eigenvalue weighted by molar-refractivity contribution is 5.46. The molecule has 2 N–H and O–H groups in total. The molecular weight excluding hydrogens is 317 g/mol. The molecule has 1 aliphatic rings. The molecule has 1 aliphatic heterocycles. The Morgan fingerprint density at radius 2 is 1.96 bits per heavy atom. The number of rotatable bonds is 4. The van der Waals surface area contributed by atoms with Crippen LogP contribution >= 0.6 is 0 Å². The van der Waals surface area contributed by atoms with Crippen LogP contribution < -0.4 is 21.2 Å². The van der Waals surface area contributed by atoms with Crippen LogP contribution in [0.2, 0.25) is 0 Å². The molecule has 2 heterocycles. The van der Waals surface area contributed by atoms with Crippen molar-refractivity contribution < 1.29 is 13.2 Å². The van der Waals surface area contributed by atoms with Crippen molar-refractivity contribution in [1.29, 1.82) is 0 Å². The molecule has 0 radical (unpaired) electrons. The van der Waals surface area contributed by atoms with Gasteiger partial charge < -0.3 is 10.7 Å². The fourth-order valence-electron chi connectivity index (χ4n) is 2.68. The van der Waals surface area contributed by atoms with E-state index in [2.05, 4.69) is 15.7 Å². The summed E-state index contributed by atoms with van der Waals surface area (Å²) in [5, 5.41) is 6.71. The average Bonchev–Trinajstić information content (AvgIpc) is 2.57. The van der Waals surface area contributed by atoms with E-state index in [9.17, 15) is 13.2 Å². The van der Waals surface area contributed by atoms with Crippen molar-refractivity contribution in [1.82, 2.24) is 20.7 Å². The van der Waals surface area contributed by atoms with E-state index in [0.29, 0.717) is 5.82 Å². The molecule has 126 valence electrons. The Kier molecular flexibility index (Phi) is 4.33. The molecule has 24 heavy (non-hydrogen) atoms. The standard InChI is InChI=1S/C17H17F3N4/c1-10(12-4-3-5-14(15(12)18)16(19)20)23-17-13-6-7-21-8-11(13)9-22-24(17)2/h3-10,16,22-23H,1-2H3/t10-/m1/s1. The Labute approximate surface area is 137 Å². The van der Waals surface area contributed by atoms with E-state index in [1.165, 1.54) is 12.1 Å². The number of alkyl halides is 2. The van der Waals surface area contributed by atoms with Gasteiger partial charge in [-0.15, -0.1) is 0 Å². The summed E-state index contributed by atoms with van der Waals surface area (Å²) in [5.74, 6) is -0.162. The van der Waals surface area contributed by atoms with E-state index in [4.69, 9.17) is 0 Å². The van der Waals surface area contributed by atoms with Crippen LogP contribution in [-0.4, -0.2) is 17.0 Å². The molecule has 4 nitrogen and oxygen atoms in total. The van der Waals surface area contributed by atoms with Gasteiger partial charge in [-0.1, -0.05) is 18.2 Å². The average molecular weight is 334 g/mol. The van der Waals surface area contributed by atoms with E-state index >= 15 is 0 Å². The highest BCUT2D eigenvalue weighted by Crippen LogP contribution is 2.27. The van der Waals surface area contributed by atoms with Crippen molar-refractivity contribution in [2.75, 3.05) is 7.05 Å². The van der Waals surface area contributed by atoms with Crippen molar-refractivity contribution >= 4 is 12.0 Å². The molecule has 0 spiro atoms. The number of aromatic nitrogens is 1. The topological polar surface area (TPSA) is 40.2 Å². The smallest absolute Gasteiger partial charge is 0.266 e. The van der Waals surface area contributed by atoms with E-state index in [0.717, 1.165) is 16.5 Å². The van der Waals surface area contributed by atoms with Gasteiger partial charge in [-0.25, -0.2) is 13.2 Å². The van der Waals surface area contributed by atoms with E-state index in [-0.39, 0.29) is 5.56 Å². The van der Waals surface area contributed by atoms with Gasteiger partial charge >= 0.3 is 0 Å². The highest BCUT2D eigenvalue weighted by atomic mass is 19.3. The van der Waals surface area contributed by atoms with Gasteiger partial charge in [0.05, 0.1) is 11.6 Å². The first-order valence-corrected chi connectivity index (χ1v) is 7.46. The zero-order valence-corrected chi connectivity index (χ0v) is 13.2. The Morgan fingerprint density at radius 3 is 2.71 bits per heavy atom. The Hall–Kier alpha value is -2.70. The monoisotopic (exact) mass is 334 g/mol. The number of fused-ring (bicyclic) bond motifs is 1. The lowest BCUT2D eigenvalue weighted by Gasteiger charge is -2.29. The SMILES string of the molecule is C[C@@H](NC1=c2ccncc2=CNN1C)c1cccc(C(F)F)c1F. The number of hydrogen-bond donors (Lipinski definition) is 2. The minimum Gasteiger partial charge on any atom is -0.363 e. The Balaban J connectivity index is 2.00. The summed E-state index contributed by atoms with van der Waals surface area (Å²) in [7, 11) is 1.81. The maximum Gasteiger partial charge on any atom is 0.266 e. The van der Waals surface area contributed by atoms with E-state index in [1.807, 2.05) is 6.07 Å². The van der Waals surface area contributed by atoms with Gasteiger partial charge in [-0.2, -0.15) is 0 Å². The zero-order valence-electron chi connectivity index (χ0n) is 13.2. The lowest BCUT2D eigenvalue weighted by molar-refractivity contribution is 0.146. The summed E-state index contributed by atoms with van der Waals surface area (Å²) in [6, 6.07) is 5.40. The van der Waals surface area contributed by atoms with Crippen molar-refractivity contribution in [3.05, 3.63) is 64.0 Å². The van der Waals surface area contributed by atoms with Gasteiger partial charge in [0.1, 0.15) is 11.6 Å². The lowest BCUT2D eigenvalue weighted by atomic mass is 10.0. The van der Waals surface area contributed by atoms with Crippen molar-refractivity contribution in [3.8, 4) is 0 Å². The molecule has 0 bridgehead atoms. The second kappa shape index (κ2) is 6.43. The molecule has 3 rings (SSSR count). The van der Waals surface area contributed by atoms with Crippen LogP contribution in [0.15, 0.2) is 36.7 Å². The molecule has 2 aromatic rings. The minimum atomic E-state index is -2.84. The first-order valence-electron chi connectivity index (χ1n) is 7.46. The van der Waals surface area contributed by atoms with Gasteiger partial charge in [0.25, 0.3) is 6.43 Å². The number of nitrogens with one attached hydrogen (secondary N) is 2. The molecule has 0 saturated carbocycles. The summed E-state index contributed by atoms with van der Waals surface area (Å²) < 4.78 is 40.1. The zero-order chi connectivity index (χ0) is 17.3. The number of hydrazine groups is 1. The molecule has 7 heteroatoms. The molecule has 1 aromatic carbocycles. The van der Waals surface area contributed by atoms with E-state index < -0.39 is 23.8 Å². The summed E-state index contributed by atoms with van der Waals surface area (Å²) in [5.41, 5.74) is 2.65. The summed E-state index contributed by atoms with van der Waals surface area (Å²) in [4.78, 5) is 4.07. The Morgan fingerprint density at radius 1 is 1.21 bits per heavy atom. The normalized spacial score (nSPS) is 14.8. The molecule has 0 amide bonds. The molecule has 1 aromatic heterocycles.